The normalized spacial score (nSPS) is 17.6. The Bertz CT molecular complexity index is 944. The molecule has 8 heteroatoms. The molecule has 0 spiro atoms. The van der Waals surface area contributed by atoms with E-state index in [0.29, 0.717) is 22.4 Å². The van der Waals surface area contributed by atoms with E-state index >= 15 is 0 Å². The molecule has 124 valence electrons. The van der Waals surface area contributed by atoms with E-state index in [1.807, 2.05) is 30.3 Å². The number of hydrogen-bond acceptors (Lipinski definition) is 5. The average Bonchev–Trinajstić information content (AvgIpc) is 3.21. The Kier molecular flexibility index (Phi) is 3.85. The van der Waals surface area contributed by atoms with Gasteiger partial charge in [-0.2, -0.15) is 0 Å². The van der Waals surface area contributed by atoms with Crippen LogP contribution in [0.1, 0.15) is 12.8 Å². The van der Waals surface area contributed by atoms with Crippen LogP contribution < -0.4 is 11.4 Å². The van der Waals surface area contributed by atoms with E-state index in [4.69, 9.17) is 10.5 Å². The third-order valence-corrected chi connectivity index (χ3v) is 4.88. The Morgan fingerprint density at radius 1 is 1.33 bits per heavy atom. The van der Waals surface area contributed by atoms with E-state index in [0.717, 1.165) is 25.0 Å². The fraction of sp³-hybridized carbons (Fsp3) is 0.312. The maximum atomic E-state index is 12.6. The Hall–Kier alpha value is -2.19. The molecule has 0 aliphatic carbocycles. The molecular formula is C16H16BrN5O2. The van der Waals surface area contributed by atoms with E-state index in [2.05, 4.69) is 26.0 Å². The van der Waals surface area contributed by atoms with Crippen molar-refractivity contribution in [2.24, 2.45) is 0 Å². The molecule has 0 radical (unpaired) electrons. The number of aromatic nitrogens is 4. The minimum atomic E-state index is -0.300. The quantitative estimate of drug-likeness (QED) is 0.740. The molecule has 0 saturated carbocycles. The number of halogens is 1. The largest absolute Gasteiger partial charge is 0.376 e. The summed E-state index contributed by atoms with van der Waals surface area (Å²) in [6, 6.07) is 9.65. The molecule has 1 aliphatic rings. The SMILES string of the molecule is Nc1nc(-c2ccccc2)c(Br)c2nn(C[C@H]3CCCO3)c(=O)n12. The summed E-state index contributed by atoms with van der Waals surface area (Å²) >= 11 is 3.53. The zero-order valence-corrected chi connectivity index (χ0v) is 14.4. The minimum absolute atomic E-state index is 0.0224. The van der Waals surface area contributed by atoms with Crippen LogP contribution in [0, 0.1) is 0 Å². The van der Waals surface area contributed by atoms with Gasteiger partial charge < -0.3 is 10.5 Å². The smallest absolute Gasteiger partial charge is 0.353 e. The van der Waals surface area contributed by atoms with E-state index < -0.39 is 0 Å². The van der Waals surface area contributed by atoms with Crippen molar-refractivity contribution >= 4 is 27.5 Å². The molecule has 0 amide bonds. The first-order valence-corrected chi connectivity index (χ1v) is 8.56. The van der Waals surface area contributed by atoms with Crippen molar-refractivity contribution in [1.29, 1.82) is 0 Å². The molecule has 3 heterocycles. The number of nitrogens with two attached hydrogens (primary N) is 1. The van der Waals surface area contributed by atoms with Crippen molar-refractivity contribution in [3.63, 3.8) is 0 Å². The maximum Gasteiger partial charge on any atom is 0.353 e. The number of ether oxygens (including phenoxy) is 1. The zero-order chi connectivity index (χ0) is 16.7. The third kappa shape index (κ3) is 2.51. The number of anilines is 1. The standard InChI is InChI=1S/C16H16BrN5O2/c17-12-13(10-5-2-1-3-6-10)19-15(18)22-14(12)20-21(16(22)23)9-11-7-4-8-24-11/h1-3,5-6,11H,4,7-9H2,(H2,18,19)/t11-/m1/s1. The lowest BCUT2D eigenvalue weighted by molar-refractivity contribution is 0.0931. The molecule has 1 aromatic carbocycles. The summed E-state index contributed by atoms with van der Waals surface area (Å²) < 4.78 is 8.97. The molecule has 0 unspecified atom stereocenters. The summed E-state index contributed by atoms with van der Waals surface area (Å²) in [5.41, 5.74) is 7.76. The molecule has 1 saturated heterocycles. The van der Waals surface area contributed by atoms with Crippen LogP contribution >= 0.6 is 15.9 Å². The lowest BCUT2D eigenvalue weighted by Crippen LogP contribution is -2.28. The number of nitrogens with zero attached hydrogens (tertiary/aromatic N) is 4. The van der Waals surface area contributed by atoms with Crippen molar-refractivity contribution in [2.75, 3.05) is 12.3 Å². The Labute approximate surface area is 146 Å². The van der Waals surface area contributed by atoms with E-state index in [1.165, 1.54) is 9.08 Å². The van der Waals surface area contributed by atoms with Gasteiger partial charge in [-0.1, -0.05) is 30.3 Å². The van der Waals surface area contributed by atoms with Gasteiger partial charge in [-0.15, -0.1) is 5.10 Å². The molecule has 1 fully saturated rings. The van der Waals surface area contributed by atoms with Crippen LogP contribution in [0.4, 0.5) is 5.95 Å². The predicted molar refractivity (Wildman–Crippen MR) is 93.8 cm³/mol. The Morgan fingerprint density at radius 2 is 2.12 bits per heavy atom. The van der Waals surface area contributed by atoms with E-state index in [1.54, 1.807) is 0 Å². The molecule has 0 bridgehead atoms. The highest BCUT2D eigenvalue weighted by Crippen LogP contribution is 2.29. The first-order valence-electron chi connectivity index (χ1n) is 7.76. The maximum absolute atomic E-state index is 12.6. The third-order valence-electron chi connectivity index (χ3n) is 4.15. The van der Waals surface area contributed by atoms with Gasteiger partial charge in [-0.25, -0.2) is 18.9 Å². The fourth-order valence-electron chi connectivity index (χ4n) is 2.96. The van der Waals surface area contributed by atoms with Crippen LogP contribution in [0.2, 0.25) is 0 Å². The predicted octanol–water partition coefficient (Wildman–Crippen LogP) is 2.08. The van der Waals surface area contributed by atoms with Crippen molar-refractivity contribution in [1.82, 2.24) is 19.2 Å². The summed E-state index contributed by atoms with van der Waals surface area (Å²) in [5.74, 6) is 0.121. The van der Waals surface area contributed by atoms with Crippen LogP contribution in [0.5, 0.6) is 0 Å². The zero-order valence-electron chi connectivity index (χ0n) is 12.9. The van der Waals surface area contributed by atoms with Gasteiger partial charge in [-0.05, 0) is 28.8 Å². The number of fused-ring (bicyclic) bond motifs is 1. The van der Waals surface area contributed by atoms with Gasteiger partial charge in [0.2, 0.25) is 5.95 Å². The average molecular weight is 390 g/mol. The van der Waals surface area contributed by atoms with Crippen molar-refractivity contribution in [3.05, 3.63) is 45.3 Å². The lowest BCUT2D eigenvalue weighted by Gasteiger charge is -2.06. The lowest BCUT2D eigenvalue weighted by atomic mass is 10.1. The van der Waals surface area contributed by atoms with Crippen LogP contribution in [0.25, 0.3) is 16.9 Å². The molecule has 3 aromatic rings. The van der Waals surface area contributed by atoms with Gasteiger partial charge in [0, 0.05) is 12.2 Å². The highest BCUT2D eigenvalue weighted by molar-refractivity contribution is 9.10. The number of rotatable bonds is 3. The molecule has 2 N–H and O–H groups in total. The van der Waals surface area contributed by atoms with E-state index in [9.17, 15) is 4.79 Å². The van der Waals surface area contributed by atoms with E-state index in [-0.39, 0.29) is 17.7 Å². The molecule has 7 nitrogen and oxygen atoms in total. The van der Waals surface area contributed by atoms with Crippen LogP contribution in [-0.4, -0.2) is 31.9 Å². The molecule has 2 aromatic heterocycles. The van der Waals surface area contributed by atoms with Gasteiger partial charge in [0.15, 0.2) is 5.65 Å². The molecule has 1 atom stereocenters. The summed E-state index contributed by atoms with van der Waals surface area (Å²) in [4.78, 5) is 17.0. The van der Waals surface area contributed by atoms with Crippen molar-refractivity contribution in [2.45, 2.75) is 25.5 Å². The molecule has 1 aliphatic heterocycles. The highest BCUT2D eigenvalue weighted by Gasteiger charge is 2.22. The Morgan fingerprint density at radius 3 is 2.83 bits per heavy atom. The number of nitrogen functional groups attached to an aromatic ring is 1. The van der Waals surface area contributed by atoms with Gasteiger partial charge in [0.25, 0.3) is 0 Å². The first kappa shape index (κ1) is 15.3. The fourth-order valence-corrected chi connectivity index (χ4v) is 3.54. The second-order valence-corrected chi connectivity index (χ2v) is 6.55. The second-order valence-electron chi connectivity index (χ2n) is 5.76. The summed E-state index contributed by atoms with van der Waals surface area (Å²) in [6.07, 6.45) is 1.97. The van der Waals surface area contributed by atoms with Gasteiger partial charge >= 0.3 is 5.69 Å². The summed E-state index contributed by atoms with van der Waals surface area (Å²) in [7, 11) is 0. The Balaban J connectivity index is 1.86. The van der Waals surface area contributed by atoms with Crippen molar-refractivity contribution < 1.29 is 4.74 Å². The monoisotopic (exact) mass is 389 g/mol. The second kappa shape index (κ2) is 6.03. The van der Waals surface area contributed by atoms with Gasteiger partial charge in [0.05, 0.1) is 22.8 Å². The highest BCUT2D eigenvalue weighted by atomic mass is 79.9. The number of benzene rings is 1. The van der Waals surface area contributed by atoms with Crippen LogP contribution in [0.3, 0.4) is 0 Å². The molecular weight excluding hydrogens is 374 g/mol. The molecule has 4 rings (SSSR count). The molecule has 24 heavy (non-hydrogen) atoms. The minimum Gasteiger partial charge on any atom is -0.376 e. The van der Waals surface area contributed by atoms with Gasteiger partial charge in [-0.3, -0.25) is 0 Å². The summed E-state index contributed by atoms with van der Waals surface area (Å²) in [6.45, 7) is 1.16. The summed E-state index contributed by atoms with van der Waals surface area (Å²) in [5, 5.41) is 4.44. The van der Waals surface area contributed by atoms with Crippen molar-refractivity contribution in [3.8, 4) is 11.3 Å². The van der Waals surface area contributed by atoms with Gasteiger partial charge in [0.1, 0.15) is 0 Å². The number of hydrogen-bond donors (Lipinski definition) is 1. The first-order chi connectivity index (χ1) is 11.6. The van der Waals surface area contributed by atoms with Crippen LogP contribution in [-0.2, 0) is 11.3 Å². The van der Waals surface area contributed by atoms with Crippen LogP contribution in [0.15, 0.2) is 39.6 Å². The topological polar surface area (TPSA) is 87.4 Å².